The van der Waals surface area contributed by atoms with E-state index < -0.39 is 0 Å². The number of hydrogen-bond donors (Lipinski definition) is 1. The summed E-state index contributed by atoms with van der Waals surface area (Å²) in [5, 5.41) is 3.51. The Labute approximate surface area is 175 Å². The van der Waals surface area contributed by atoms with E-state index in [1.54, 1.807) is 0 Å². The number of carbonyl (C=O) groups is 1. The fourth-order valence-electron chi connectivity index (χ4n) is 3.86. The lowest BCUT2D eigenvalue weighted by molar-refractivity contribution is -0.130. The fraction of sp³-hybridized carbons (Fsp3) is 0.500. The van der Waals surface area contributed by atoms with Crippen LogP contribution in [-0.4, -0.2) is 48.5 Å². The maximum atomic E-state index is 12.8. The molecule has 3 rings (SSSR count). The van der Waals surface area contributed by atoms with E-state index in [9.17, 15) is 4.79 Å². The molecule has 1 N–H and O–H groups in total. The molecule has 0 aliphatic carbocycles. The van der Waals surface area contributed by atoms with Crippen LogP contribution in [0.3, 0.4) is 0 Å². The van der Waals surface area contributed by atoms with Gasteiger partial charge in [0.2, 0.25) is 5.91 Å². The summed E-state index contributed by atoms with van der Waals surface area (Å²) < 4.78 is 0. The Bertz CT molecular complexity index is 765. The molecular weight excluding hydrogens is 360 g/mol. The van der Waals surface area contributed by atoms with Crippen molar-refractivity contribution in [2.24, 2.45) is 5.92 Å². The number of pyridine rings is 1. The van der Waals surface area contributed by atoms with Crippen molar-refractivity contribution in [3.63, 3.8) is 0 Å². The molecule has 1 amide bonds. The Morgan fingerprint density at radius 3 is 2.17 bits per heavy atom. The van der Waals surface area contributed by atoms with Crippen molar-refractivity contribution in [1.82, 2.24) is 15.2 Å². The first-order chi connectivity index (χ1) is 14.0. The second kappa shape index (κ2) is 9.88. The summed E-state index contributed by atoms with van der Waals surface area (Å²) in [6, 6.07) is 14.9. The van der Waals surface area contributed by atoms with Crippen LogP contribution >= 0.6 is 0 Å². The van der Waals surface area contributed by atoms with Gasteiger partial charge < -0.3 is 15.1 Å². The lowest BCUT2D eigenvalue weighted by atomic mass is 9.93. The molecule has 1 aromatic heterocycles. The molecule has 5 nitrogen and oxygen atoms in total. The molecular formula is C24H34N4O. The minimum absolute atomic E-state index is 0.176. The number of anilines is 1. The summed E-state index contributed by atoms with van der Waals surface area (Å²) in [6.45, 7) is 12.3. The van der Waals surface area contributed by atoms with Gasteiger partial charge in [0.05, 0.1) is 6.54 Å². The van der Waals surface area contributed by atoms with Gasteiger partial charge in [0.15, 0.2) is 0 Å². The number of carbonyl (C=O) groups excluding carboxylic acids is 1. The highest BCUT2D eigenvalue weighted by atomic mass is 16.2. The van der Waals surface area contributed by atoms with Crippen LogP contribution in [0.4, 0.5) is 5.82 Å². The highest BCUT2D eigenvalue weighted by molar-refractivity contribution is 5.78. The molecule has 0 bridgehead atoms. The van der Waals surface area contributed by atoms with Crippen LogP contribution in [0, 0.1) is 5.92 Å². The zero-order valence-electron chi connectivity index (χ0n) is 18.1. The van der Waals surface area contributed by atoms with Gasteiger partial charge in [-0.25, -0.2) is 4.98 Å². The van der Waals surface area contributed by atoms with Crippen molar-refractivity contribution in [1.29, 1.82) is 0 Å². The summed E-state index contributed by atoms with van der Waals surface area (Å²) >= 11 is 0. The first kappa shape index (κ1) is 21.3. The molecule has 2 heterocycles. The monoisotopic (exact) mass is 394 g/mol. The molecule has 1 aliphatic rings. The van der Waals surface area contributed by atoms with Gasteiger partial charge >= 0.3 is 0 Å². The van der Waals surface area contributed by atoms with Gasteiger partial charge in [0.1, 0.15) is 5.82 Å². The van der Waals surface area contributed by atoms with E-state index in [0.29, 0.717) is 18.4 Å². The Balaban J connectivity index is 1.53. The SMILES string of the molecule is CC(C)c1ccc([C@H](NCC(=O)N2CCN(c3ccccn3)CC2)C(C)C)cc1. The molecule has 1 aliphatic heterocycles. The first-order valence-electron chi connectivity index (χ1n) is 10.7. The molecule has 0 spiro atoms. The second-order valence-electron chi connectivity index (χ2n) is 8.48. The lowest BCUT2D eigenvalue weighted by Gasteiger charge is -2.36. The maximum absolute atomic E-state index is 12.8. The van der Waals surface area contributed by atoms with Crippen LogP contribution in [0.1, 0.15) is 50.8 Å². The van der Waals surface area contributed by atoms with E-state index in [1.807, 2.05) is 29.3 Å². The number of nitrogens with one attached hydrogen (secondary N) is 1. The van der Waals surface area contributed by atoms with Gasteiger partial charge in [-0.2, -0.15) is 0 Å². The number of hydrogen-bond acceptors (Lipinski definition) is 4. The number of piperazine rings is 1. The van der Waals surface area contributed by atoms with Gasteiger partial charge in [0, 0.05) is 38.4 Å². The molecule has 0 radical (unpaired) electrons. The number of benzene rings is 1. The third kappa shape index (κ3) is 5.57. The third-order valence-corrected chi connectivity index (χ3v) is 5.71. The van der Waals surface area contributed by atoms with Crippen molar-refractivity contribution in [3.05, 3.63) is 59.8 Å². The molecule has 1 aromatic carbocycles. The molecule has 2 aromatic rings. The van der Waals surface area contributed by atoms with Crippen molar-refractivity contribution < 1.29 is 4.79 Å². The number of nitrogens with zero attached hydrogens (tertiary/aromatic N) is 3. The Morgan fingerprint density at radius 2 is 1.62 bits per heavy atom. The van der Waals surface area contributed by atoms with E-state index in [4.69, 9.17) is 0 Å². The zero-order valence-corrected chi connectivity index (χ0v) is 18.1. The summed E-state index contributed by atoms with van der Waals surface area (Å²) in [5.41, 5.74) is 2.59. The predicted molar refractivity (Wildman–Crippen MR) is 119 cm³/mol. The minimum atomic E-state index is 0.176. The Kier molecular flexibility index (Phi) is 7.26. The first-order valence-corrected chi connectivity index (χ1v) is 10.7. The number of amides is 1. The summed E-state index contributed by atoms with van der Waals surface area (Å²) in [4.78, 5) is 21.4. The Hall–Kier alpha value is -2.40. The highest BCUT2D eigenvalue weighted by Gasteiger charge is 2.23. The van der Waals surface area contributed by atoms with Gasteiger partial charge in [-0.1, -0.05) is 58.0 Å². The summed E-state index contributed by atoms with van der Waals surface area (Å²) in [6.07, 6.45) is 1.82. The minimum Gasteiger partial charge on any atom is -0.353 e. The van der Waals surface area contributed by atoms with Crippen molar-refractivity contribution in [2.45, 2.75) is 39.7 Å². The molecule has 1 atom stereocenters. The number of rotatable bonds is 7. The second-order valence-corrected chi connectivity index (χ2v) is 8.48. The maximum Gasteiger partial charge on any atom is 0.236 e. The van der Waals surface area contributed by atoms with Crippen molar-refractivity contribution in [2.75, 3.05) is 37.6 Å². The van der Waals surface area contributed by atoms with Crippen LogP contribution in [0.15, 0.2) is 48.7 Å². The summed E-state index contributed by atoms with van der Waals surface area (Å²) in [7, 11) is 0. The highest BCUT2D eigenvalue weighted by Crippen LogP contribution is 2.24. The zero-order chi connectivity index (χ0) is 20.8. The number of aromatic nitrogens is 1. The Morgan fingerprint density at radius 1 is 0.966 bits per heavy atom. The van der Waals surface area contributed by atoms with Crippen molar-refractivity contribution in [3.8, 4) is 0 Å². The van der Waals surface area contributed by atoms with Gasteiger partial charge in [-0.3, -0.25) is 4.79 Å². The van der Waals surface area contributed by atoms with Gasteiger partial charge in [0.25, 0.3) is 0 Å². The molecule has 29 heavy (non-hydrogen) atoms. The standard InChI is InChI=1S/C24H34N4O/c1-18(2)20-8-10-21(11-9-20)24(19(3)4)26-17-23(29)28-15-13-27(14-16-28)22-7-5-6-12-25-22/h5-12,18-19,24,26H,13-17H2,1-4H3/t24-/m1/s1. The predicted octanol–water partition coefficient (Wildman–Crippen LogP) is 3.84. The molecule has 0 unspecified atom stereocenters. The van der Waals surface area contributed by atoms with E-state index in [2.05, 4.69) is 67.2 Å². The molecule has 156 valence electrons. The topological polar surface area (TPSA) is 48.5 Å². The van der Waals surface area contributed by atoms with E-state index >= 15 is 0 Å². The van der Waals surface area contributed by atoms with E-state index in [0.717, 1.165) is 32.0 Å². The average molecular weight is 395 g/mol. The van der Waals surface area contributed by atoms with Gasteiger partial charge in [-0.05, 0) is 35.1 Å². The molecule has 1 saturated heterocycles. The lowest BCUT2D eigenvalue weighted by Crippen LogP contribution is -2.51. The van der Waals surface area contributed by atoms with E-state index in [1.165, 1.54) is 11.1 Å². The largest absolute Gasteiger partial charge is 0.353 e. The van der Waals surface area contributed by atoms with Crippen LogP contribution in [0.5, 0.6) is 0 Å². The normalized spacial score (nSPS) is 15.8. The molecule has 5 heteroatoms. The summed E-state index contributed by atoms with van der Waals surface area (Å²) in [5.74, 6) is 2.10. The van der Waals surface area contributed by atoms with Crippen LogP contribution in [0.25, 0.3) is 0 Å². The van der Waals surface area contributed by atoms with Crippen LogP contribution in [-0.2, 0) is 4.79 Å². The quantitative estimate of drug-likeness (QED) is 0.775. The smallest absolute Gasteiger partial charge is 0.236 e. The van der Waals surface area contributed by atoms with E-state index in [-0.39, 0.29) is 11.9 Å². The van der Waals surface area contributed by atoms with Crippen molar-refractivity contribution >= 4 is 11.7 Å². The average Bonchev–Trinajstić information content (AvgIpc) is 2.74. The van der Waals surface area contributed by atoms with Crippen LogP contribution < -0.4 is 10.2 Å². The fourth-order valence-corrected chi connectivity index (χ4v) is 3.86. The molecule has 1 fully saturated rings. The molecule has 0 saturated carbocycles. The van der Waals surface area contributed by atoms with Gasteiger partial charge in [-0.15, -0.1) is 0 Å². The van der Waals surface area contributed by atoms with Crippen LogP contribution in [0.2, 0.25) is 0 Å². The third-order valence-electron chi connectivity index (χ3n) is 5.71.